The van der Waals surface area contributed by atoms with Gasteiger partial charge in [0.25, 0.3) is 0 Å². The Labute approximate surface area is 163 Å². The summed E-state index contributed by atoms with van der Waals surface area (Å²) in [6.07, 6.45) is 6.77. The lowest BCUT2D eigenvalue weighted by Crippen LogP contribution is -2.13. The maximum atomic E-state index is 5.77. The van der Waals surface area contributed by atoms with Gasteiger partial charge in [-0.05, 0) is 42.3 Å². The number of hydrogen-bond acceptors (Lipinski definition) is 6. The zero-order valence-electron chi connectivity index (χ0n) is 15.7. The lowest BCUT2D eigenvalue weighted by Gasteiger charge is -2.20. The van der Waals surface area contributed by atoms with Gasteiger partial charge >= 0.3 is 0 Å². The van der Waals surface area contributed by atoms with E-state index >= 15 is 0 Å². The van der Waals surface area contributed by atoms with Crippen LogP contribution in [0.2, 0.25) is 0 Å². The Morgan fingerprint density at radius 1 is 1.04 bits per heavy atom. The monoisotopic (exact) mass is 381 g/mol. The van der Waals surface area contributed by atoms with Crippen molar-refractivity contribution in [2.24, 2.45) is 5.92 Å². The van der Waals surface area contributed by atoms with Crippen molar-refractivity contribution in [2.75, 3.05) is 26.4 Å². The molecule has 0 radical (unpaired) electrons. The summed E-state index contributed by atoms with van der Waals surface area (Å²) in [6, 6.07) is 7.86. The van der Waals surface area contributed by atoms with Crippen molar-refractivity contribution in [2.45, 2.75) is 25.0 Å². The molecule has 4 atom stereocenters. The Morgan fingerprint density at radius 2 is 1.75 bits per heavy atom. The number of H-pyrrole nitrogens is 1. The largest absolute Gasteiger partial charge is 0.491 e. The first kappa shape index (κ1) is 17.5. The average molecular weight is 381 g/mol. The van der Waals surface area contributed by atoms with Gasteiger partial charge in [-0.1, -0.05) is 13.0 Å². The van der Waals surface area contributed by atoms with E-state index in [1.54, 1.807) is 0 Å². The molecule has 146 valence electrons. The molecule has 4 unspecified atom stereocenters. The number of nitrogens with one attached hydrogen (secondary N) is 1. The van der Waals surface area contributed by atoms with Crippen LogP contribution in [-0.4, -0.2) is 53.8 Å². The minimum Gasteiger partial charge on any atom is -0.491 e. The fourth-order valence-electron chi connectivity index (χ4n) is 3.20. The summed E-state index contributed by atoms with van der Waals surface area (Å²) in [5, 5.41) is 8.70. The maximum absolute atomic E-state index is 5.77. The third kappa shape index (κ3) is 4.10. The van der Waals surface area contributed by atoms with E-state index < -0.39 is 0 Å². The summed E-state index contributed by atoms with van der Waals surface area (Å²) >= 11 is 0. The van der Waals surface area contributed by atoms with Crippen LogP contribution >= 0.6 is 0 Å². The highest BCUT2D eigenvalue weighted by Crippen LogP contribution is 2.31. The number of rotatable bonds is 8. The second-order valence-electron chi connectivity index (χ2n) is 7.43. The summed E-state index contributed by atoms with van der Waals surface area (Å²) in [5.74, 6) is 3.74. The molecule has 28 heavy (non-hydrogen) atoms. The van der Waals surface area contributed by atoms with Crippen LogP contribution in [-0.2, 0) is 14.2 Å². The fourth-order valence-corrected chi connectivity index (χ4v) is 3.20. The van der Waals surface area contributed by atoms with Crippen molar-refractivity contribution in [1.29, 1.82) is 0 Å². The van der Waals surface area contributed by atoms with Crippen molar-refractivity contribution in [3.05, 3.63) is 54.1 Å². The van der Waals surface area contributed by atoms with Crippen molar-refractivity contribution in [3.63, 3.8) is 0 Å². The molecule has 2 aromatic rings. The molecule has 7 nitrogen and oxygen atoms in total. The topological polar surface area (TPSA) is 85.1 Å². The number of allylic oxidation sites excluding steroid dienone is 3. The van der Waals surface area contributed by atoms with Gasteiger partial charge < -0.3 is 23.9 Å². The first-order valence-electron chi connectivity index (χ1n) is 9.66. The molecule has 2 saturated heterocycles. The fraction of sp³-hybridized carbons (Fsp3) is 0.429. The molecule has 7 heteroatoms. The summed E-state index contributed by atoms with van der Waals surface area (Å²) in [6.45, 7) is 4.98. The molecule has 0 amide bonds. The van der Waals surface area contributed by atoms with Crippen LogP contribution in [0.4, 0.5) is 0 Å². The summed E-state index contributed by atoms with van der Waals surface area (Å²) in [7, 11) is 0. The molecular weight excluding hydrogens is 358 g/mol. The lowest BCUT2D eigenvalue weighted by atomic mass is 9.89. The van der Waals surface area contributed by atoms with Crippen molar-refractivity contribution < 1.29 is 18.9 Å². The number of ether oxygens (including phenoxy) is 4. The zero-order chi connectivity index (χ0) is 18.9. The van der Waals surface area contributed by atoms with E-state index in [0.717, 1.165) is 41.9 Å². The molecule has 1 N–H and O–H groups in total. The van der Waals surface area contributed by atoms with Crippen molar-refractivity contribution >= 4 is 0 Å². The Morgan fingerprint density at radius 3 is 2.43 bits per heavy atom. The van der Waals surface area contributed by atoms with Gasteiger partial charge in [0, 0.05) is 11.5 Å². The Balaban J connectivity index is 1.22. The highest BCUT2D eigenvalue weighted by Gasteiger charge is 2.26. The summed E-state index contributed by atoms with van der Waals surface area (Å²) < 4.78 is 21.8. The van der Waals surface area contributed by atoms with E-state index in [0.29, 0.717) is 13.2 Å². The van der Waals surface area contributed by atoms with Crippen molar-refractivity contribution in [3.8, 4) is 17.1 Å². The third-order valence-electron chi connectivity index (χ3n) is 5.09. The van der Waals surface area contributed by atoms with Gasteiger partial charge in [0.1, 0.15) is 42.8 Å². The predicted octanol–water partition coefficient (Wildman–Crippen LogP) is 2.84. The molecule has 0 bridgehead atoms. The molecule has 3 heterocycles. The number of hydrogen-bond donors (Lipinski definition) is 1. The zero-order valence-corrected chi connectivity index (χ0v) is 15.7. The molecule has 1 aromatic carbocycles. The lowest BCUT2D eigenvalue weighted by molar-refractivity contribution is 0.189. The quantitative estimate of drug-likeness (QED) is 0.708. The van der Waals surface area contributed by atoms with Gasteiger partial charge in [0.05, 0.1) is 13.2 Å². The van der Waals surface area contributed by atoms with E-state index in [2.05, 4.69) is 34.3 Å². The molecule has 1 aromatic heterocycles. The normalized spacial score (nSPS) is 28.0. The molecule has 0 spiro atoms. The summed E-state index contributed by atoms with van der Waals surface area (Å²) in [5.41, 5.74) is 0.977. The van der Waals surface area contributed by atoms with Crippen LogP contribution in [0.5, 0.6) is 5.75 Å². The molecule has 3 aliphatic rings. The first-order chi connectivity index (χ1) is 13.7. The van der Waals surface area contributed by atoms with Gasteiger partial charge in [-0.25, -0.2) is 0 Å². The van der Waals surface area contributed by atoms with Crippen LogP contribution in [0.15, 0.2) is 48.3 Å². The number of benzene rings is 1. The van der Waals surface area contributed by atoms with Crippen LogP contribution in [0.3, 0.4) is 0 Å². The van der Waals surface area contributed by atoms with E-state index in [4.69, 9.17) is 18.9 Å². The molecule has 2 aliphatic heterocycles. The van der Waals surface area contributed by atoms with Crippen LogP contribution in [0.25, 0.3) is 11.4 Å². The highest BCUT2D eigenvalue weighted by molar-refractivity contribution is 5.56. The third-order valence-corrected chi connectivity index (χ3v) is 5.09. The minimum absolute atomic E-state index is 0.145. The van der Waals surface area contributed by atoms with Crippen LogP contribution in [0, 0.1) is 5.92 Å². The van der Waals surface area contributed by atoms with Gasteiger partial charge in [-0.3, -0.25) is 0 Å². The molecule has 2 fully saturated rings. The van der Waals surface area contributed by atoms with Gasteiger partial charge in [-0.15, -0.1) is 10.2 Å². The number of aromatic amines is 1. The first-order valence-corrected chi connectivity index (χ1v) is 9.66. The van der Waals surface area contributed by atoms with Gasteiger partial charge in [0.15, 0.2) is 5.82 Å². The van der Waals surface area contributed by atoms with Crippen LogP contribution in [0.1, 0.15) is 18.7 Å². The number of nitrogens with zero attached hydrogens (tertiary/aromatic N) is 2. The molecule has 0 saturated carbocycles. The van der Waals surface area contributed by atoms with Gasteiger partial charge in [0.2, 0.25) is 0 Å². The standard InChI is InChI=1S/C21H23N3O4/c1-13-8-16(26-10-18-12-28-18)6-7-19(13)21-22-20(23-24-21)14-2-4-15(5-3-14)25-9-17-11-27-17/h2-8,13,17-19H,9-12H2,1H3,(H,22,23,24). The Kier molecular flexibility index (Phi) is 4.62. The average Bonchev–Trinajstić information content (AvgIpc) is 3.65. The second-order valence-corrected chi connectivity index (χ2v) is 7.43. The summed E-state index contributed by atoms with van der Waals surface area (Å²) in [4.78, 5) is 3.36. The minimum atomic E-state index is 0.145. The molecule has 5 rings (SSSR count). The van der Waals surface area contributed by atoms with Crippen LogP contribution < -0.4 is 4.74 Å². The van der Waals surface area contributed by atoms with E-state index in [-0.39, 0.29) is 24.0 Å². The number of epoxide rings is 2. The maximum Gasteiger partial charge on any atom is 0.161 e. The van der Waals surface area contributed by atoms with E-state index in [1.807, 2.05) is 30.3 Å². The molecular formula is C21H23N3O4. The SMILES string of the molecule is CC1C=C(OCC2CO2)C=CC1c1nnc(-c2ccc(OCC3CO3)cc2)[nH]1. The second kappa shape index (κ2) is 7.41. The van der Waals surface area contributed by atoms with Crippen molar-refractivity contribution in [1.82, 2.24) is 15.2 Å². The Bertz CT molecular complexity index is 881. The number of aromatic nitrogens is 3. The Hall–Kier alpha value is -2.64. The predicted molar refractivity (Wildman–Crippen MR) is 102 cm³/mol. The van der Waals surface area contributed by atoms with E-state index in [1.165, 1.54) is 0 Å². The van der Waals surface area contributed by atoms with E-state index in [9.17, 15) is 0 Å². The molecule has 1 aliphatic carbocycles. The highest BCUT2D eigenvalue weighted by atomic mass is 16.6. The smallest absolute Gasteiger partial charge is 0.161 e. The van der Waals surface area contributed by atoms with Gasteiger partial charge in [-0.2, -0.15) is 0 Å².